The number of carbonyl (C=O) groups is 1. The Morgan fingerprint density at radius 1 is 1.27 bits per heavy atom. The van der Waals surface area contributed by atoms with Crippen molar-refractivity contribution in [1.29, 1.82) is 0 Å². The third-order valence-corrected chi connectivity index (χ3v) is 1.77. The van der Waals surface area contributed by atoms with Crippen LogP contribution in [0.25, 0.3) is 0 Å². The summed E-state index contributed by atoms with van der Waals surface area (Å²) in [7, 11) is 0. The molecule has 0 bridgehead atoms. The van der Waals surface area contributed by atoms with Gasteiger partial charge in [-0.05, 0) is 18.4 Å². The first kappa shape index (κ1) is 13.7. The third-order valence-electron chi connectivity index (χ3n) is 1.77. The minimum absolute atomic E-state index is 0.222. The van der Waals surface area contributed by atoms with Crippen molar-refractivity contribution in [3.8, 4) is 0 Å². The van der Waals surface area contributed by atoms with Crippen LogP contribution in [0.5, 0.6) is 0 Å². The fraction of sp³-hybridized carbons (Fsp3) is 0.417. The summed E-state index contributed by atoms with van der Waals surface area (Å²) >= 11 is 0. The molecule has 0 fully saturated rings. The van der Waals surface area contributed by atoms with Crippen LogP contribution in [0.1, 0.15) is 25.3 Å². The highest BCUT2D eigenvalue weighted by Crippen LogP contribution is 2.00. The predicted octanol–water partition coefficient (Wildman–Crippen LogP) is 2.09. The van der Waals surface area contributed by atoms with E-state index in [1.807, 2.05) is 18.2 Å². The lowest BCUT2D eigenvalue weighted by Gasteiger charge is -1.96. The van der Waals surface area contributed by atoms with Gasteiger partial charge in [-0.1, -0.05) is 37.3 Å². The average molecular weight is 210 g/mol. The summed E-state index contributed by atoms with van der Waals surface area (Å²) in [5, 5.41) is 16.2. The normalized spacial score (nSPS) is 8.93. The van der Waals surface area contributed by atoms with E-state index in [0.717, 1.165) is 12.8 Å². The molecule has 0 saturated heterocycles. The maximum atomic E-state index is 9.37. The van der Waals surface area contributed by atoms with Crippen LogP contribution < -0.4 is 0 Å². The highest BCUT2D eigenvalue weighted by atomic mass is 16.4. The second kappa shape index (κ2) is 9.21. The van der Waals surface area contributed by atoms with Crippen molar-refractivity contribution in [3.05, 3.63) is 35.9 Å². The van der Waals surface area contributed by atoms with Gasteiger partial charge < -0.3 is 10.2 Å². The first-order valence-electron chi connectivity index (χ1n) is 5.07. The van der Waals surface area contributed by atoms with Crippen LogP contribution in [0.4, 0.5) is 0 Å². The molecule has 3 nitrogen and oxygen atoms in total. The van der Waals surface area contributed by atoms with Crippen molar-refractivity contribution < 1.29 is 15.0 Å². The summed E-state index contributed by atoms with van der Waals surface area (Å²) in [5.41, 5.74) is 1.30. The Morgan fingerprint density at radius 2 is 1.80 bits per heavy atom. The molecule has 84 valence electrons. The minimum atomic E-state index is -0.745. The van der Waals surface area contributed by atoms with Gasteiger partial charge >= 0.3 is 5.97 Å². The monoisotopic (exact) mass is 210 g/mol. The van der Waals surface area contributed by atoms with Gasteiger partial charge in [-0.15, -0.1) is 0 Å². The van der Waals surface area contributed by atoms with Crippen LogP contribution in [-0.4, -0.2) is 22.8 Å². The van der Waals surface area contributed by atoms with Gasteiger partial charge in [0.25, 0.3) is 0 Å². The van der Waals surface area contributed by atoms with Crippen molar-refractivity contribution in [2.75, 3.05) is 6.61 Å². The van der Waals surface area contributed by atoms with E-state index >= 15 is 0 Å². The first-order valence-corrected chi connectivity index (χ1v) is 5.07. The molecule has 15 heavy (non-hydrogen) atoms. The van der Waals surface area contributed by atoms with Gasteiger partial charge in [-0.25, -0.2) is 0 Å². The van der Waals surface area contributed by atoms with E-state index in [9.17, 15) is 4.79 Å². The number of rotatable bonds is 4. The molecule has 1 rings (SSSR count). The van der Waals surface area contributed by atoms with Crippen molar-refractivity contribution >= 4 is 5.97 Å². The molecule has 2 N–H and O–H groups in total. The molecular weight excluding hydrogens is 192 g/mol. The van der Waals surface area contributed by atoms with E-state index in [1.165, 1.54) is 5.56 Å². The number of carboxylic acids is 1. The van der Waals surface area contributed by atoms with Gasteiger partial charge in [0, 0.05) is 13.0 Å². The summed E-state index contributed by atoms with van der Waals surface area (Å²) < 4.78 is 0. The van der Waals surface area contributed by atoms with Gasteiger partial charge in [0.2, 0.25) is 0 Å². The Bertz CT molecular complexity index is 257. The third kappa shape index (κ3) is 8.97. The van der Waals surface area contributed by atoms with Crippen LogP contribution >= 0.6 is 0 Å². The number of benzene rings is 1. The molecule has 0 spiro atoms. The fourth-order valence-corrected chi connectivity index (χ4v) is 0.928. The largest absolute Gasteiger partial charge is 0.481 e. The molecule has 0 amide bonds. The lowest BCUT2D eigenvalue weighted by atomic mass is 10.1. The molecule has 0 radical (unpaired) electrons. The molecule has 1 aromatic rings. The minimum Gasteiger partial charge on any atom is -0.481 e. The predicted molar refractivity (Wildman–Crippen MR) is 59.8 cm³/mol. The Kier molecular flexibility index (Phi) is 8.39. The molecule has 0 aliphatic carbocycles. The highest BCUT2D eigenvalue weighted by Gasteiger charge is 1.88. The summed E-state index contributed by atoms with van der Waals surface area (Å²) in [6, 6.07) is 10.2. The van der Waals surface area contributed by atoms with Crippen molar-refractivity contribution in [3.63, 3.8) is 0 Å². The van der Waals surface area contributed by atoms with Gasteiger partial charge in [0.15, 0.2) is 0 Å². The lowest BCUT2D eigenvalue weighted by molar-refractivity contribution is -0.136. The number of aryl methyl sites for hydroxylation is 1. The zero-order valence-corrected chi connectivity index (χ0v) is 9.02. The van der Waals surface area contributed by atoms with Gasteiger partial charge in [-0.3, -0.25) is 4.79 Å². The molecule has 0 aliphatic heterocycles. The number of carboxylic acid groups (broad SMARTS) is 1. The van der Waals surface area contributed by atoms with Crippen LogP contribution in [0.3, 0.4) is 0 Å². The number of aliphatic carboxylic acids is 1. The molecule has 3 heteroatoms. The summed E-state index contributed by atoms with van der Waals surface area (Å²) in [4.78, 5) is 9.37. The average Bonchev–Trinajstić information content (AvgIpc) is 2.28. The fourth-order valence-electron chi connectivity index (χ4n) is 0.928. The second-order valence-corrected chi connectivity index (χ2v) is 3.06. The van der Waals surface area contributed by atoms with Crippen LogP contribution in [0.15, 0.2) is 30.3 Å². The topological polar surface area (TPSA) is 57.5 Å². The standard InChI is InChI=1S/C9H12O.C3H6O2/c10-8-4-7-9-5-2-1-3-6-9;1-2-3(4)5/h1-3,5-6,10H,4,7-8H2;2H2,1H3,(H,4,5). The Labute approximate surface area is 90.4 Å². The molecule has 0 aliphatic rings. The smallest absolute Gasteiger partial charge is 0.303 e. The zero-order valence-electron chi connectivity index (χ0n) is 9.02. The SMILES string of the molecule is CCC(=O)O.OCCCc1ccccc1. The van der Waals surface area contributed by atoms with Crippen molar-refractivity contribution in [1.82, 2.24) is 0 Å². The van der Waals surface area contributed by atoms with E-state index in [4.69, 9.17) is 10.2 Å². The highest BCUT2D eigenvalue weighted by molar-refractivity contribution is 5.66. The number of aliphatic hydroxyl groups excluding tert-OH is 1. The first-order chi connectivity index (χ1) is 7.20. The lowest BCUT2D eigenvalue weighted by Crippen LogP contribution is -1.87. The number of aliphatic hydroxyl groups is 1. The number of hydrogen-bond donors (Lipinski definition) is 2. The van der Waals surface area contributed by atoms with E-state index in [1.54, 1.807) is 6.92 Å². The van der Waals surface area contributed by atoms with Crippen molar-refractivity contribution in [2.24, 2.45) is 0 Å². The molecule has 1 aromatic carbocycles. The Balaban J connectivity index is 0.000000336. The Morgan fingerprint density at radius 3 is 2.20 bits per heavy atom. The van der Waals surface area contributed by atoms with E-state index in [0.29, 0.717) is 0 Å². The molecule has 0 unspecified atom stereocenters. The zero-order chi connectivity index (χ0) is 11.5. The maximum absolute atomic E-state index is 9.37. The maximum Gasteiger partial charge on any atom is 0.303 e. The molecular formula is C12H18O3. The number of hydrogen-bond acceptors (Lipinski definition) is 2. The molecule has 0 saturated carbocycles. The van der Waals surface area contributed by atoms with Gasteiger partial charge in [-0.2, -0.15) is 0 Å². The summed E-state index contributed by atoms with van der Waals surface area (Å²) in [5.74, 6) is -0.745. The van der Waals surface area contributed by atoms with E-state index in [2.05, 4.69) is 12.1 Å². The Hall–Kier alpha value is -1.35. The second-order valence-electron chi connectivity index (χ2n) is 3.06. The summed E-state index contributed by atoms with van der Waals surface area (Å²) in [6.07, 6.45) is 2.07. The molecule has 0 atom stereocenters. The van der Waals surface area contributed by atoms with Crippen LogP contribution in [0, 0.1) is 0 Å². The van der Waals surface area contributed by atoms with Crippen molar-refractivity contribution in [2.45, 2.75) is 26.2 Å². The van der Waals surface area contributed by atoms with Gasteiger partial charge in [0.05, 0.1) is 0 Å². The molecule has 0 heterocycles. The van der Waals surface area contributed by atoms with E-state index < -0.39 is 5.97 Å². The summed E-state index contributed by atoms with van der Waals surface area (Å²) in [6.45, 7) is 1.89. The van der Waals surface area contributed by atoms with Crippen LogP contribution in [0.2, 0.25) is 0 Å². The van der Waals surface area contributed by atoms with Crippen LogP contribution in [-0.2, 0) is 11.2 Å². The molecule has 0 aromatic heterocycles. The van der Waals surface area contributed by atoms with Gasteiger partial charge in [0.1, 0.15) is 0 Å². The van der Waals surface area contributed by atoms with E-state index in [-0.39, 0.29) is 13.0 Å². The quantitative estimate of drug-likeness (QED) is 0.800.